The molecule has 1 aliphatic heterocycles. The van der Waals surface area contributed by atoms with Gasteiger partial charge in [-0.3, -0.25) is 9.59 Å². The van der Waals surface area contributed by atoms with E-state index in [2.05, 4.69) is 4.90 Å². The maximum Gasteiger partial charge on any atom is 0.295 e. The maximum atomic E-state index is 13.3. The van der Waals surface area contributed by atoms with Crippen LogP contribution in [0.15, 0.2) is 42.0 Å². The second-order valence-electron chi connectivity index (χ2n) is 8.26. The Morgan fingerprint density at radius 2 is 1.67 bits per heavy atom. The van der Waals surface area contributed by atoms with Crippen molar-refractivity contribution in [1.29, 1.82) is 0 Å². The van der Waals surface area contributed by atoms with Crippen LogP contribution in [0.1, 0.15) is 44.9 Å². The number of hydrogen-bond donors (Lipinski definition) is 2. The number of aliphatic hydroxyl groups is 1. The highest BCUT2D eigenvalue weighted by molar-refractivity contribution is 6.46. The number of likely N-dealkylation sites (tertiary alicyclic amines) is 1. The zero-order chi connectivity index (χ0) is 26.4. The van der Waals surface area contributed by atoms with Crippen molar-refractivity contribution in [1.82, 2.24) is 9.80 Å². The van der Waals surface area contributed by atoms with Crippen molar-refractivity contribution >= 4 is 29.1 Å². The molecule has 0 spiro atoms. The number of ether oxygens (including phenoxy) is 2. The molecule has 8 nitrogen and oxygen atoms in total. The first-order valence-corrected chi connectivity index (χ1v) is 12.5. The van der Waals surface area contributed by atoms with E-state index >= 15 is 0 Å². The zero-order valence-electron chi connectivity index (χ0n) is 21.1. The van der Waals surface area contributed by atoms with Crippen molar-refractivity contribution in [2.45, 2.75) is 33.7 Å². The Hall–Kier alpha value is -3.23. The summed E-state index contributed by atoms with van der Waals surface area (Å²) in [5.74, 6) is -1.19. The predicted molar refractivity (Wildman–Crippen MR) is 139 cm³/mol. The Balaban J connectivity index is 2.14. The van der Waals surface area contributed by atoms with Crippen molar-refractivity contribution < 1.29 is 29.3 Å². The summed E-state index contributed by atoms with van der Waals surface area (Å²) in [5, 5.41) is 21.8. The third-order valence-electron chi connectivity index (χ3n) is 6.20. The molecular formula is C27H33ClN2O6. The van der Waals surface area contributed by atoms with E-state index in [4.69, 9.17) is 21.1 Å². The zero-order valence-corrected chi connectivity index (χ0v) is 21.8. The standard InChI is InChI=1S/C27H33ClN2O6/c1-5-29(6-2)13-14-30-24(17-9-11-20(31)22(16-17)36-8-4)23(26(33)27(30)34)25(32)18-10-12-21(35-7-3)19(28)15-18/h9-12,15-16,24,31-32H,5-8,13-14H2,1-4H3/t24-/m1/s1. The number of rotatable bonds is 11. The molecule has 3 rings (SSSR count). The number of aromatic hydroxyl groups is 1. The monoisotopic (exact) mass is 516 g/mol. The van der Waals surface area contributed by atoms with Crippen LogP contribution >= 0.6 is 11.6 Å². The van der Waals surface area contributed by atoms with E-state index in [0.717, 1.165) is 13.1 Å². The lowest BCUT2D eigenvalue weighted by molar-refractivity contribution is -0.140. The molecule has 36 heavy (non-hydrogen) atoms. The minimum atomic E-state index is -0.870. The van der Waals surface area contributed by atoms with Crippen molar-refractivity contribution in [3.8, 4) is 17.2 Å². The molecule has 1 atom stereocenters. The van der Waals surface area contributed by atoms with E-state index < -0.39 is 17.7 Å². The maximum absolute atomic E-state index is 13.3. The number of likely N-dealkylation sites (N-methyl/N-ethyl adjacent to an activating group) is 1. The van der Waals surface area contributed by atoms with Gasteiger partial charge in [-0.05, 0) is 62.8 Å². The highest BCUT2D eigenvalue weighted by Gasteiger charge is 2.46. The van der Waals surface area contributed by atoms with Crippen molar-refractivity contribution in [2.24, 2.45) is 0 Å². The van der Waals surface area contributed by atoms with Crippen molar-refractivity contribution in [3.63, 3.8) is 0 Å². The van der Waals surface area contributed by atoms with E-state index in [0.29, 0.717) is 36.6 Å². The molecule has 0 aliphatic carbocycles. The van der Waals surface area contributed by atoms with E-state index in [1.807, 2.05) is 20.8 Å². The lowest BCUT2D eigenvalue weighted by Crippen LogP contribution is -2.38. The molecule has 9 heteroatoms. The highest BCUT2D eigenvalue weighted by Crippen LogP contribution is 2.42. The van der Waals surface area contributed by atoms with Gasteiger partial charge in [0.25, 0.3) is 11.7 Å². The molecule has 1 saturated heterocycles. The van der Waals surface area contributed by atoms with Gasteiger partial charge in [-0.15, -0.1) is 0 Å². The molecule has 0 unspecified atom stereocenters. The van der Waals surface area contributed by atoms with E-state index in [1.165, 1.54) is 17.0 Å². The number of amides is 1. The fourth-order valence-corrected chi connectivity index (χ4v) is 4.53. The van der Waals surface area contributed by atoms with Gasteiger partial charge in [0.15, 0.2) is 11.5 Å². The number of benzene rings is 2. The molecule has 0 saturated carbocycles. The van der Waals surface area contributed by atoms with E-state index in [9.17, 15) is 19.8 Å². The number of phenols is 1. The van der Waals surface area contributed by atoms with Gasteiger partial charge in [0.1, 0.15) is 11.5 Å². The fourth-order valence-electron chi connectivity index (χ4n) is 4.29. The second-order valence-corrected chi connectivity index (χ2v) is 8.66. The summed E-state index contributed by atoms with van der Waals surface area (Å²) in [6.45, 7) is 10.8. The van der Waals surface area contributed by atoms with Crippen LogP contribution in [0.2, 0.25) is 5.02 Å². The molecule has 0 aromatic heterocycles. The summed E-state index contributed by atoms with van der Waals surface area (Å²) in [4.78, 5) is 30.1. The van der Waals surface area contributed by atoms with E-state index in [-0.39, 0.29) is 34.4 Å². The Labute approximate surface area is 216 Å². The minimum Gasteiger partial charge on any atom is -0.507 e. The summed E-state index contributed by atoms with van der Waals surface area (Å²) in [6.07, 6.45) is 0. The largest absolute Gasteiger partial charge is 0.507 e. The minimum absolute atomic E-state index is 0.0482. The Morgan fingerprint density at radius 3 is 2.28 bits per heavy atom. The molecule has 2 N–H and O–H groups in total. The number of aliphatic hydroxyl groups excluding tert-OH is 1. The average Bonchev–Trinajstić information content (AvgIpc) is 3.12. The average molecular weight is 517 g/mol. The number of nitrogens with zero attached hydrogens (tertiary/aromatic N) is 2. The van der Waals surface area contributed by atoms with Crippen LogP contribution in [0.25, 0.3) is 5.76 Å². The number of phenolic OH excluding ortho intramolecular Hbond substituents is 1. The highest BCUT2D eigenvalue weighted by atomic mass is 35.5. The fraction of sp³-hybridized carbons (Fsp3) is 0.407. The first-order valence-electron chi connectivity index (χ1n) is 12.2. The van der Waals surface area contributed by atoms with Gasteiger partial charge in [-0.2, -0.15) is 0 Å². The molecule has 2 aromatic rings. The molecular weight excluding hydrogens is 484 g/mol. The quantitative estimate of drug-likeness (QED) is 0.255. The second kappa shape index (κ2) is 12.1. The smallest absolute Gasteiger partial charge is 0.295 e. The Morgan fingerprint density at radius 1 is 1.00 bits per heavy atom. The van der Waals surface area contributed by atoms with Gasteiger partial charge in [-0.25, -0.2) is 0 Å². The van der Waals surface area contributed by atoms with Crippen LogP contribution < -0.4 is 9.47 Å². The van der Waals surface area contributed by atoms with E-state index in [1.54, 1.807) is 31.2 Å². The van der Waals surface area contributed by atoms with Gasteiger partial charge < -0.3 is 29.5 Å². The Kier molecular flexibility index (Phi) is 9.23. The number of ketones is 1. The predicted octanol–water partition coefficient (Wildman–Crippen LogP) is 4.61. The van der Waals surface area contributed by atoms with Crippen molar-refractivity contribution in [3.05, 3.63) is 58.1 Å². The molecule has 1 heterocycles. The third-order valence-corrected chi connectivity index (χ3v) is 6.49. The molecule has 1 amide bonds. The van der Waals surface area contributed by atoms with Gasteiger partial charge in [0.2, 0.25) is 0 Å². The topological polar surface area (TPSA) is 99.5 Å². The van der Waals surface area contributed by atoms with Gasteiger partial charge in [-0.1, -0.05) is 31.5 Å². The molecule has 1 fully saturated rings. The number of halogens is 1. The van der Waals surface area contributed by atoms with Crippen LogP contribution in [-0.4, -0.2) is 71.1 Å². The molecule has 0 bridgehead atoms. The van der Waals surface area contributed by atoms with Gasteiger partial charge in [0, 0.05) is 18.7 Å². The molecule has 0 radical (unpaired) electrons. The summed E-state index contributed by atoms with van der Waals surface area (Å²) >= 11 is 6.32. The van der Waals surface area contributed by atoms with Crippen molar-refractivity contribution in [2.75, 3.05) is 39.4 Å². The number of hydrogen-bond acceptors (Lipinski definition) is 7. The van der Waals surface area contributed by atoms with Gasteiger partial charge in [0.05, 0.1) is 29.9 Å². The third kappa shape index (κ3) is 5.60. The van der Waals surface area contributed by atoms with Crippen LogP contribution in [0.3, 0.4) is 0 Å². The first-order chi connectivity index (χ1) is 17.3. The summed E-state index contributed by atoms with van der Waals surface area (Å²) in [5.41, 5.74) is 0.778. The number of Topliss-reactive ketones (excluding diaryl/α,β-unsaturated/α-hetero) is 1. The van der Waals surface area contributed by atoms with Crippen LogP contribution in [-0.2, 0) is 9.59 Å². The van der Waals surface area contributed by atoms with Crippen LogP contribution in [0, 0.1) is 0 Å². The lowest BCUT2D eigenvalue weighted by Gasteiger charge is -2.28. The molecule has 1 aliphatic rings. The lowest BCUT2D eigenvalue weighted by atomic mass is 9.95. The summed E-state index contributed by atoms with van der Waals surface area (Å²) in [6, 6.07) is 8.51. The van der Waals surface area contributed by atoms with Crippen LogP contribution in [0.5, 0.6) is 17.2 Å². The first kappa shape index (κ1) is 27.4. The van der Waals surface area contributed by atoms with Gasteiger partial charge >= 0.3 is 0 Å². The summed E-state index contributed by atoms with van der Waals surface area (Å²) < 4.78 is 11.0. The molecule has 2 aromatic carbocycles. The Bertz CT molecular complexity index is 1150. The molecule has 194 valence electrons. The summed E-state index contributed by atoms with van der Waals surface area (Å²) in [7, 11) is 0. The number of carbonyl (C=O) groups is 2. The number of carbonyl (C=O) groups excluding carboxylic acids is 2. The normalized spacial score (nSPS) is 17.2. The van der Waals surface area contributed by atoms with Crippen LogP contribution in [0.4, 0.5) is 0 Å². The SMILES string of the molecule is CCOc1cc([C@@H]2C(=C(O)c3ccc(OCC)c(Cl)c3)C(=O)C(=O)N2CCN(CC)CC)ccc1O.